The van der Waals surface area contributed by atoms with Gasteiger partial charge in [0.15, 0.2) is 16.8 Å². The molecule has 0 fully saturated rings. The van der Waals surface area contributed by atoms with Crippen molar-refractivity contribution < 1.29 is 14.3 Å². The third-order valence-corrected chi connectivity index (χ3v) is 5.53. The summed E-state index contributed by atoms with van der Waals surface area (Å²) in [5.41, 5.74) is 1.81. The predicted octanol–water partition coefficient (Wildman–Crippen LogP) is 3.81. The number of carbonyl (C=O) groups is 2. The number of nitrogens with zero attached hydrogens (tertiary/aromatic N) is 3. The fourth-order valence-corrected chi connectivity index (χ4v) is 3.64. The van der Waals surface area contributed by atoms with Crippen LogP contribution in [0.25, 0.3) is 11.4 Å². The maximum Gasteiger partial charge on any atom is 0.237 e. The first-order chi connectivity index (χ1) is 13.9. The van der Waals surface area contributed by atoms with Crippen LogP contribution in [0.15, 0.2) is 53.7 Å². The van der Waals surface area contributed by atoms with Gasteiger partial charge in [0.2, 0.25) is 5.91 Å². The summed E-state index contributed by atoms with van der Waals surface area (Å²) in [5.74, 6) is 1.03. The molecule has 1 aromatic heterocycles. The van der Waals surface area contributed by atoms with Crippen molar-refractivity contribution >= 4 is 29.1 Å². The topological polar surface area (TPSA) is 86.1 Å². The van der Waals surface area contributed by atoms with Crippen molar-refractivity contribution in [3.63, 3.8) is 0 Å². The third-order valence-electron chi connectivity index (χ3n) is 4.40. The van der Waals surface area contributed by atoms with E-state index < -0.39 is 5.25 Å². The highest BCUT2D eigenvalue weighted by atomic mass is 32.2. The lowest BCUT2D eigenvalue weighted by Crippen LogP contribution is -2.23. The minimum atomic E-state index is -0.441. The van der Waals surface area contributed by atoms with Crippen LogP contribution >= 0.6 is 11.8 Å². The molecule has 0 aliphatic heterocycles. The molecule has 8 heteroatoms. The lowest BCUT2D eigenvalue weighted by atomic mass is 10.1. The zero-order valence-corrected chi connectivity index (χ0v) is 17.5. The van der Waals surface area contributed by atoms with Crippen LogP contribution in [0.5, 0.6) is 5.75 Å². The van der Waals surface area contributed by atoms with Gasteiger partial charge in [0.05, 0.1) is 23.6 Å². The number of carbonyl (C=O) groups excluding carboxylic acids is 2. The largest absolute Gasteiger partial charge is 0.496 e. The Morgan fingerprint density at radius 3 is 2.52 bits per heavy atom. The molecular weight excluding hydrogens is 388 g/mol. The Labute approximate surface area is 173 Å². The Balaban J connectivity index is 1.76. The number of amides is 1. The fraction of sp³-hybridized carbons (Fsp3) is 0.238. The van der Waals surface area contributed by atoms with Crippen molar-refractivity contribution in [2.24, 2.45) is 7.05 Å². The van der Waals surface area contributed by atoms with E-state index in [2.05, 4.69) is 15.5 Å². The number of Topliss-reactive ketones (excluding diaryl/α,β-unsaturated/α-hetero) is 1. The molecule has 0 spiro atoms. The smallest absolute Gasteiger partial charge is 0.237 e. The van der Waals surface area contributed by atoms with Gasteiger partial charge in [0.1, 0.15) is 5.75 Å². The third kappa shape index (κ3) is 4.48. The number of methoxy groups -OCH3 is 1. The molecular formula is C21H22N4O3S. The van der Waals surface area contributed by atoms with Crippen LogP contribution in [0.3, 0.4) is 0 Å². The van der Waals surface area contributed by atoms with Crippen molar-refractivity contribution in [1.29, 1.82) is 0 Å². The van der Waals surface area contributed by atoms with Gasteiger partial charge in [0.25, 0.3) is 0 Å². The van der Waals surface area contributed by atoms with Gasteiger partial charge in [0, 0.05) is 12.6 Å². The fourth-order valence-electron chi connectivity index (χ4n) is 2.83. The SMILES string of the molecule is COc1ccccc1-c1nnc(S[C@@H](C)C(=O)Nc2ccccc2C(C)=O)n1C. The van der Waals surface area contributed by atoms with E-state index in [0.29, 0.717) is 28.0 Å². The summed E-state index contributed by atoms with van der Waals surface area (Å²) in [5, 5.41) is 11.5. The highest BCUT2D eigenvalue weighted by molar-refractivity contribution is 8.00. The first-order valence-electron chi connectivity index (χ1n) is 9.02. The number of thioether (sulfide) groups is 1. The van der Waals surface area contributed by atoms with E-state index in [1.54, 1.807) is 38.3 Å². The molecule has 7 nitrogen and oxygen atoms in total. The van der Waals surface area contributed by atoms with Crippen molar-refractivity contribution in [2.45, 2.75) is 24.3 Å². The maximum atomic E-state index is 12.7. The zero-order valence-electron chi connectivity index (χ0n) is 16.7. The molecule has 0 aliphatic carbocycles. The molecule has 1 heterocycles. The van der Waals surface area contributed by atoms with Gasteiger partial charge in [-0.1, -0.05) is 36.0 Å². The lowest BCUT2D eigenvalue weighted by molar-refractivity contribution is -0.115. The van der Waals surface area contributed by atoms with Crippen molar-refractivity contribution in [3.05, 3.63) is 54.1 Å². The first kappa shape index (κ1) is 20.6. The van der Waals surface area contributed by atoms with Crippen molar-refractivity contribution in [1.82, 2.24) is 14.8 Å². The average molecular weight is 410 g/mol. The van der Waals surface area contributed by atoms with Crippen LogP contribution in [-0.2, 0) is 11.8 Å². The monoisotopic (exact) mass is 410 g/mol. The van der Waals surface area contributed by atoms with E-state index in [1.807, 2.05) is 35.9 Å². The van der Waals surface area contributed by atoms with Crippen LogP contribution in [-0.4, -0.2) is 38.8 Å². The second-order valence-corrected chi connectivity index (χ2v) is 7.72. The lowest BCUT2D eigenvalue weighted by Gasteiger charge is -2.13. The number of anilines is 1. The molecule has 0 aliphatic rings. The summed E-state index contributed by atoms with van der Waals surface area (Å²) in [6.07, 6.45) is 0. The predicted molar refractivity (Wildman–Crippen MR) is 113 cm³/mol. The molecule has 150 valence electrons. The quantitative estimate of drug-likeness (QED) is 0.471. The number of ketones is 1. The first-order valence-corrected chi connectivity index (χ1v) is 9.90. The molecule has 0 saturated carbocycles. The number of rotatable bonds is 7. The van der Waals surface area contributed by atoms with Gasteiger partial charge in [-0.3, -0.25) is 9.59 Å². The van der Waals surface area contributed by atoms with Crippen LogP contribution < -0.4 is 10.1 Å². The molecule has 29 heavy (non-hydrogen) atoms. The second-order valence-electron chi connectivity index (χ2n) is 6.42. The highest BCUT2D eigenvalue weighted by Gasteiger charge is 2.21. The summed E-state index contributed by atoms with van der Waals surface area (Å²) in [4.78, 5) is 24.4. The number of benzene rings is 2. The van der Waals surface area contributed by atoms with Gasteiger partial charge in [-0.25, -0.2) is 0 Å². The molecule has 0 saturated heterocycles. The highest BCUT2D eigenvalue weighted by Crippen LogP contribution is 2.31. The Morgan fingerprint density at radius 2 is 1.79 bits per heavy atom. The van der Waals surface area contributed by atoms with E-state index in [-0.39, 0.29) is 11.7 Å². The summed E-state index contributed by atoms with van der Waals surface area (Å²) in [6.45, 7) is 3.26. The summed E-state index contributed by atoms with van der Waals surface area (Å²) in [6, 6.07) is 14.5. The summed E-state index contributed by atoms with van der Waals surface area (Å²) in [7, 11) is 3.45. The molecule has 2 aromatic carbocycles. The molecule has 0 bridgehead atoms. The molecule has 3 rings (SSSR count). The van der Waals surface area contributed by atoms with Gasteiger partial charge in [-0.05, 0) is 38.1 Å². The average Bonchev–Trinajstić information content (AvgIpc) is 3.08. The summed E-state index contributed by atoms with van der Waals surface area (Å²) < 4.78 is 7.23. The Morgan fingerprint density at radius 1 is 1.10 bits per heavy atom. The number of ether oxygens (including phenoxy) is 1. The number of hydrogen-bond acceptors (Lipinski definition) is 6. The maximum absolute atomic E-state index is 12.7. The standard InChI is InChI=1S/C21H22N4O3S/c1-13(26)15-9-5-7-11-17(15)22-20(27)14(2)29-21-24-23-19(25(21)3)16-10-6-8-12-18(16)28-4/h5-12,14H,1-4H3,(H,22,27)/t14-/m0/s1. The molecule has 3 aromatic rings. The Kier molecular flexibility index (Phi) is 6.33. The van der Waals surface area contributed by atoms with Crippen LogP contribution in [0.2, 0.25) is 0 Å². The van der Waals surface area contributed by atoms with Gasteiger partial charge < -0.3 is 14.6 Å². The zero-order chi connectivity index (χ0) is 21.0. The van der Waals surface area contributed by atoms with Crippen molar-refractivity contribution in [2.75, 3.05) is 12.4 Å². The Hall–Kier alpha value is -3.13. The van der Waals surface area contributed by atoms with Crippen LogP contribution in [0, 0.1) is 0 Å². The van der Waals surface area contributed by atoms with Crippen LogP contribution in [0.4, 0.5) is 5.69 Å². The van der Waals surface area contributed by atoms with Gasteiger partial charge >= 0.3 is 0 Å². The van der Waals surface area contributed by atoms with E-state index in [0.717, 1.165) is 5.56 Å². The molecule has 0 radical (unpaired) electrons. The Bertz CT molecular complexity index is 1050. The molecule has 1 amide bonds. The van der Waals surface area contributed by atoms with E-state index in [4.69, 9.17) is 4.74 Å². The summed E-state index contributed by atoms with van der Waals surface area (Å²) >= 11 is 1.29. The van der Waals surface area contributed by atoms with E-state index in [9.17, 15) is 9.59 Å². The minimum absolute atomic E-state index is 0.101. The minimum Gasteiger partial charge on any atom is -0.496 e. The van der Waals surface area contributed by atoms with Gasteiger partial charge in [-0.2, -0.15) is 0 Å². The molecule has 1 N–H and O–H groups in total. The number of para-hydroxylation sites is 2. The van der Waals surface area contributed by atoms with Crippen LogP contribution in [0.1, 0.15) is 24.2 Å². The molecule has 0 unspecified atom stereocenters. The number of hydrogen-bond donors (Lipinski definition) is 1. The van der Waals surface area contributed by atoms with E-state index in [1.165, 1.54) is 18.7 Å². The van der Waals surface area contributed by atoms with Crippen molar-refractivity contribution in [3.8, 4) is 17.1 Å². The number of nitrogens with one attached hydrogen (secondary N) is 1. The normalized spacial score (nSPS) is 11.7. The van der Waals surface area contributed by atoms with Gasteiger partial charge in [-0.15, -0.1) is 10.2 Å². The number of aromatic nitrogens is 3. The second kappa shape index (κ2) is 8.91. The van der Waals surface area contributed by atoms with E-state index >= 15 is 0 Å². The molecule has 1 atom stereocenters.